The summed E-state index contributed by atoms with van der Waals surface area (Å²) in [5.74, 6) is 0. The highest BCUT2D eigenvalue weighted by molar-refractivity contribution is 5.13. The number of aliphatic hydroxyl groups is 1. The fourth-order valence-electron chi connectivity index (χ4n) is 1.53. The Bertz CT molecular complexity index is 317. The van der Waals surface area contributed by atoms with E-state index in [4.69, 9.17) is 4.74 Å². The van der Waals surface area contributed by atoms with Crippen LogP contribution in [0.5, 0.6) is 0 Å². The van der Waals surface area contributed by atoms with Crippen molar-refractivity contribution in [3.8, 4) is 0 Å². The van der Waals surface area contributed by atoms with Crippen LogP contribution in [-0.4, -0.2) is 22.4 Å². The van der Waals surface area contributed by atoms with Crippen LogP contribution in [0.4, 0.5) is 0 Å². The smallest absolute Gasteiger partial charge is 0.0802 e. The molecule has 3 nitrogen and oxygen atoms in total. The summed E-state index contributed by atoms with van der Waals surface area (Å²) < 4.78 is 7.48. The minimum Gasteiger partial charge on any atom is -0.388 e. The number of aliphatic hydroxyl groups excluding tert-OH is 1. The Labute approximate surface area is 98.0 Å². The van der Waals surface area contributed by atoms with Crippen LogP contribution in [0, 0.1) is 0 Å². The van der Waals surface area contributed by atoms with Crippen LogP contribution in [0.15, 0.2) is 18.5 Å². The zero-order chi connectivity index (χ0) is 12.2. The zero-order valence-electron chi connectivity index (χ0n) is 10.7. The van der Waals surface area contributed by atoms with Crippen molar-refractivity contribution in [1.82, 2.24) is 4.57 Å². The number of aromatic nitrogens is 1. The molecular weight excluding hydrogens is 202 g/mol. The summed E-state index contributed by atoms with van der Waals surface area (Å²) in [6, 6.07) is 1.98. The molecule has 0 saturated carbocycles. The molecule has 16 heavy (non-hydrogen) atoms. The Kier molecular flexibility index (Phi) is 4.56. The molecule has 0 aromatic carbocycles. The van der Waals surface area contributed by atoms with Crippen LogP contribution in [-0.2, 0) is 11.3 Å². The van der Waals surface area contributed by atoms with Crippen molar-refractivity contribution in [3.05, 3.63) is 24.0 Å². The summed E-state index contributed by atoms with van der Waals surface area (Å²) in [6.07, 6.45) is 5.41. The van der Waals surface area contributed by atoms with Gasteiger partial charge in [-0.1, -0.05) is 6.92 Å². The first kappa shape index (κ1) is 13.3. The molecule has 1 heterocycles. The van der Waals surface area contributed by atoms with Crippen molar-refractivity contribution in [3.63, 3.8) is 0 Å². The first-order valence-corrected chi connectivity index (χ1v) is 5.87. The quantitative estimate of drug-likeness (QED) is 0.807. The molecule has 0 fully saturated rings. The maximum Gasteiger partial charge on any atom is 0.0802 e. The van der Waals surface area contributed by atoms with Gasteiger partial charge in [-0.15, -0.1) is 0 Å². The van der Waals surface area contributed by atoms with Gasteiger partial charge >= 0.3 is 0 Å². The van der Waals surface area contributed by atoms with Gasteiger partial charge in [0.2, 0.25) is 0 Å². The van der Waals surface area contributed by atoms with Crippen molar-refractivity contribution in [2.45, 2.75) is 51.9 Å². The Morgan fingerprint density at radius 3 is 2.75 bits per heavy atom. The SMILES string of the molecule is CCC(O)c1ccn(CCC(C)(C)OC)c1. The van der Waals surface area contributed by atoms with Crippen molar-refractivity contribution in [1.29, 1.82) is 0 Å². The number of methoxy groups -OCH3 is 1. The van der Waals surface area contributed by atoms with E-state index in [1.54, 1.807) is 7.11 Å². The predicted molar refractivity (Wildman–Crippen MR) is 65.4 cm³/mol. The Morgan fingerprint density at radius 2 is 2.19 bits per heavy atom. The van der Waals surface area contributed by atoms with Gasteiger partial charge in [-0.05, 0) is 38.3 Å². The monoisotopic (exact) mass is 225 g/mol. The number of hydrogen-bond donors (Lipinski definition) is 1. The van der Waals surface area contributed by atoms with Crippen LogP contribution in [0.3, 0.4) is 0 Å². The summed E-state index contributed by atoms with van der Waals surface area (Å²) >= 11 is 0. The molecule has 92 valence electrons. The first-order valence-electron chi connectivity index (χ1n) is 5.87. The van der Waals surface area contributed by atoms with E-state index in [9.17, 15) is 5.11 Å². The molecule has 0 spiro atoms. The lowest BCUT2D eigenvalue weighted by Gasteiger charge is -2.22. The van der Waals surface area contributed by atoms with E-state index in [2.05, 4.69) is 18.4 Å². The topological polar surface area (TPSA) is 34.4 Å². The average molecular weight is 225 g/mol. The Hall–Kier alpha value is -0.800. The molecule has 1 atom stereocenters. The minimum atomic E-state index is -0.336. The van der Waals surface area contributed by atoms with Crippen molar-refractivity contribution < 1.29 is 9.84 Å². The molecule has 0 radical (unpaired) electrons. The summed E-state index contributed by atoms with van der Waals surface area (Å²) in [7, 11) is 1.74. The lowest BCUT2D eigenvalue weighted by molar-refractivity contribution is 0.0120. The number of ether oxygens (including phenoxy) is 1. The molecule has 0 aliphatic heterocycles. The van der Waals surface area contributed by atoms with E-state index < -0.39 is 0 Å². The molecular formula is C13H23NO2. The number of nitrogens with zero attached hydrogens (tertiary/aromatic N) is 1. The van der Waals surface area contributed by atoms with Gasteiger partial charge in [0.15, 0.2) is 0 Å². The molecule has 1 N–H and O–H groups in total. The fraction of sp³-hybridized carbons (Fsp3) is 0.692. The second-order valence-corrected chi connectivity index (χ2v) is 4.82. The minimum absolute atomic E-state index is 0.0895. The van der Waals surface area contributed by atoms with Gasteiger partial charge < -0.3 is 14.4 Å². The predicted octanol–water partition coefficient (Wildman–Crippen LogP) is 2.75. The summed E-state index contributed by atoms with van der Waals surface area (Å²) in [6.45, 7) is 7.06. The summed E-state index contributed by atoms with van der Waals surface area (Å²) in [5, 5.41) is 9.68. The second-order valence-electron chi connectivity index (χ2n) is 4.82. The van der Waals surface area contributed by atoms with Crippen molar-refractivity contribution in [2.24, 2.45) is 0 Å². The normalized spacial score (nSPS) is 14.1. The van der Waals surface area contributed by atoms with Crippen LogP contribution in [0.2, 0.25) is 0 Å². The molecule has 0 aliphatic rings. The van der Waals surface area contributed by atoms with Crippen LogP contribution in [0.25, 0.3) is 0 Å². The van der Waals surface area contributed by atoms with Crippen LogP contribution in [0.1, 0.15) is 45.3 Å². The maximum atomic E-state index is 9.68. The summed E-state index contributed by atoms with van der Waals surface area (Å²) in [4.78, 5) is 0. The van der Waals surface area contributed by atoms with Gasteiger partial charge in [-0.2, -0.15) is 0 Å². The fourth-order valence-corrected chi connectivity index (χ4v) is 1.53. The van der Waals surface area contributed by atoms with Gasteiger partial charge in [0.05, 0.1) is 11.7 Å². The number of rotatable bonds is 6. The molecule has 1 aromatic heterocycles. The second kappa shape index (κ2) is 5.51. The van der Waals surface area contributed by atoms with Gasteiger partial charge in [0.25, 0.3) is 0 Å². The van der Waals surface area contributed by atoms with E-state index in [0.717, 1.165) is 24.9 Å². The molecule has 1 aromatic rings. The third-order valence-electron chi connectivity index (χ3n) is 3.07. The molecule has 1 rings (SSSR count). The van der Waals surface area contributed by atoms with Gasteiger partial charge in [-0.25, -0.2) is 0 Å². The highest BCUT2D eigenvalue weighted by atomic mass is 16.5. The van der Waals surface area contributed by atoms with Crippen molar-refractivity contribution >= 4 is 0 Å². The van der Waals surface area contributed by atoms with Crippen molar-refractivity contribution in [2.75, 3.05) is 7.11 Å². The largest absolute Gasteiger partial charge is 0.388 e. The van der Waals surface area contributed by atoms with E-state index in [-0.39, 0.29) is 11.7 Å². The highest BCUT2D eigenvalue weighted by Gasteiger charge is 2.16. The van der Waals surface area contributed by atoms with Gasteiger partial charge in [0.1, 0.15) is 0 Å². The lowest BCUT2D eigenvalue weighted by Crippen LogP contribution is -2.24. The Balaban J connectivity index is 2.53. The molecule has 0 saturated heterocycles. The average Bonchev–Trinajstić information content (AvgIpc) is 2.74. The highest BCUT2D eigenvalue weighted by Crippen LogP contribution is 2.18. The standard InChI is InChI=1S/C13H23NO2/c1-5-12(15)11-6-8-14(10-11)9-7-13(2,3)16-4/h6,8,10,12,15H,5,7,9H2,1-4H3. The number of hydrogen-bond acceptors (Lipinski definition) is 2. The van der Waals surface area contributed by atoms with Gasteiger partial charge in [0, 0.05) is 26.0 Å². The molecule has 3 heteroatoms. The summed E-state index contributed by atoms with van der Waals surface area (Å²) in [5.41, 5.74) is 0.908. The number of aryl methyl sites for hydroxylation is 1. The maximum absolute atomic E-state index is 9.68. The van der Waals surface area contributed by atoms with Gasteiger partial charge in [-0.3, -0.25) is 0 Å². The van der Waals surface area contributed by atoms with Crippen LogP contribution >= 0.6 is 0 Å². The van der Waals surface area contributed by atoms with E-state index in [0.29, 0.717) is 0 Å². The molecule has 0 amide bonds. The molecule has 1 unspecified atom stereocenters. The van der Waals surface area contributed by atoms with E-state index in [1.807, 2.05) is 25.4 Å². The van der Waals surface area contributed by atoms with E-state index in [1.165, 1.54) is 0 Å². The molecule has 0 aliphatic carbocycles. The Morgan fingerprint density at radius 1 is 1.50 bits per heavy atom. The van der Waals surface area contributed by atoms with Crippen LogP contribution < -0.4 is 0 Å². The lowest BCUT2D eigenvalue weighted by atomic mass is 10.1. The first-order chi connectivity index (χ1) is 7.48. The molecule has 0 bridgehead atoms. The third kappa shape index (κ3) is 3.65. The zero-order valence-corrected chi connectivity index (χ0v) is 10.7. The third-order valence-corrected chi connectivity index (χ3v) is 3.07. The van der Waals surface area contributed by atoms with E-state index >= 15 is 0 Å².